The Morgan fingerprint density at radius 3 is 0.375 bits per heavy atom. The Hall–Kier alpha value is 0.660. The minimum absolute atomic E-state index is 0.888. The third-order valence-corrected chi connectivity index (χ3v) is 14.5. The molecule has 30 heteroatoms. The summed E-state index contributed by atoms with van der Waals surface area (Å²) in [6.45, 7) is 0. The van der Waals surface area contributed by atoms with E-state index in [0.29, 0.717) is 0 Å². The lowest BCUT2D eigenvalue weighted by Crippen LogP contribution is -2.66. The lowest BCUT2D eigenvalue weighted by Gasteiger charge is -2.49. The first-order valence-corrected chi connectivity index (χ1v) is 21.5. The zero-order valence-corrected chi connectivity index (χ0v) is 33.3. The molecule has 1 fully saturated rings. The molecule has 0 saturated heterocycles. The lowest BCUT2D eigenvalue weighted by molar-refractivity contribution is -0.205. The molecule has 0 amide bonds. The van der Waals surface area contributed by atoms with Crippen molar-refractivity contribution in [3.05, 3.63) is 0 Å². The number of hydrogen-bond acceptors (Lipinski definition) is 24. The first kappa shape index (κ1) is 46.7. The second-order valence-corrected chi connectivity index (χ2v) is 19.3. The highest BCUT2D eigenvalue weighted by atomic mass is 31.2. The van der Waals surface area contributed by atoms with Gasteiger partial charge < -0.3 is 0 Å². The Labute approximate surface area is 277 Å². The molecule has 0 spiro atoms. The van der Waals surface area contributed by atoms with Crippen LogP contribution in [-0.4, -0.2) is 122 Å². The molecule has 0 atom stereocenters. The van der Waals surface area contributed by atoms with Crippen molar-refractivity contribution in [2.75, 3.05) is 85.3 Å². The highest BCUT2D eigenvalue weighted by Gasteiger charge is 2.64. The maximum Gasteiger partial charge on any atom is 0.474 e. The van der Waals surface area contributed by atoms with Crippen molar-refractivity contribution in [2.45, 2.75) is 36.6 Å². The van der Waals surface area contributed by atoms with E-state index in [2.05, 4.69) is 0 Å². The van der Waals surface area contributed by atoms with Crippen molar-refractivity contribution < 1.29 is 109 Å². The van der Waals surface area contributed by atoms with Crippen molar-refractivity contribution >= 4 is 46.9 Å². The SMILES string of the molecule is COP(=O)(OC)OC1C(OP(=O)(OC)OC)C(OP(=O)(OC)OC)C(OP(=O)(OC)OC)C(OP(=O)(OC)OC)C1OP(=O)(OC)OC. The molecule has 24 nitrogen and oxygen atoms in total. The van der Waals surface area contributed by atoms with Gasteiger partial charge >= 0.3 is 46.9 Å². The molecule has 0 aromatic carbocycles. The summed E-state index contributed by atoms with van der Waals surface area (Å²) in [5.74, 6) is 0. The topological polar surface area (TPSA) is 269 Å². The normalized spacial score (nSPS) is 25.0. The molecule has 288 valence electrons. The second-order valence-electron chi connectivity index (χ2n) is 8.29. The van der Waals surface area contributed by atoms with Gasteiger partial charge in [-0.05, 0) is 0 Å². The van der Waals surface area contributed by atoms with Crippen LogP contribution < -0.4 is 0 Å². The van der Waals surface area contributed by atoms with Gasteiger partial charge in [0.2, 0.25) is 0 Å². The van der Waals surface area contributed by atoms with Crippen LogP contribution in [0.15, 0.2) is 0 Å². The molecule has 0 N–H and O–H groups in total. The first-order valence-electron chi connectivity index (χ1n) is 12.7. The molecule has 0 aromatic heterocycles. The molecule has 1 rings (SSSR count). The lowest BCUT2D eigenvalue weighted by atomic mass is 9.85. The molecule has 0 bridgehead atoms. The predicted molar refractivity (Wildman–Crippen MR) is 159 cm³/mol. The fourth-order valence-corrected chi connectivity index (χ4v) is 8.86. The summed E-state index contributed by atoms with van der Waals surface area (Å²) >= 11 is 0. The van der Waals surface area contributed by atoms with Gasteiger partial charge in [0.05, 0.1) is 0 Å². The van der Waals surface area contributed by atoms with Crippen LogP contribution >= 0.6 is 46.9 Å². The highest BCUT2D eigenvalue weighted by Crippen LogP contribution is 2.64. The fraction of sp³-hybridized carbons (Fsp3) is 1.00. The summed E-state index contributed by atoms with van der Waals surface area (Å²) in [4.78, 5) is 0. The number of rotatable bonds is 24. The molecular weight excluding hydrogens is 786 g/mol. The summed E-state index contributed by atoms with van der Waals surface area (Å²) < 4.78 is 173. The van der Waals surface area contributed by atoms with Gasteiger partial charge in [0, 0.05) is 85.3 Å². The molecule has 0 unspecified atom stereocenters. The molecule has 0 radical (unpaired) electrons. The van der Waals surface area contributed by atoms with Crippen LogP contribution in [0.5, 0.6) is 0 Å². The molecule has 1 aliphatic carbocycles. The van der Waals surface area contributed by atoms with E-state index >= 15 is 0 Å². The smallest absolute Gasteiger partial charge is 0.290 e. The summed E-state index contributed by atoms with van der Waals surface area (Å²) in [6, 6.07) is 0. The van der Waals surface area contributed by atoms with Crippen molar-refractivity contribution in [3.8, 4) is 0 Å². The number of phosphoric ester groups is 6. The van der Waals surface area contributed by atoms with Crippen molar-refractivity contribution in [2.24, 2.45) is 0 Å². The van der Waals surface area contributed by atoms with E-state index in [0.717, 1.165) is 85.3 Å². The average Bonchev–Trinajstić information content (AvgIpc) is 3.11. The maximum absolute atomic E-state index is 13.5. The van der Waals surface area contributed by atoms with Gasteiger partial charge in [-0.15, -0.1) is 0 Å². The predicted octanol–water partition coefficient (Wildman–Crippen LogP) is 4.72. The van der Waals surface area contributed by atoms with Crippen molar-refractivity contribution in [1.82, 2.24) is 0 Å². The van der Waals surface area contributed by atoms with Crippen LogP contribution in [0.3, 0.4) is 0 Å². The van der Waals surface area contributed by atoms with E-state index in [1.807, 2.05) is 0 Å². The van der Waals surface area contributed by atoms with Crippen molar-refractivity contribution in [3.63, 3.8) is 0 Å². The summed E-state index contributed by atoms with van der Waals surface area (Å²) in [7, 11) is -17.9. The molecular formula is C18H42O24P6. The zero-order chi connectivity index (χ0) is 37.2. The molecule has 1 aliphatic rings. The Balaban J connectivity index is 4.51. The number of phosphoric acid groups is 6. The summed E-state index contributed by atoms with van der Waals surface area (Å²) in [5, 5.41) is 0. The van der Waals surface area contributed by atoms with E-state index in [1.165, 1.54) is 0 Å². The number of hydrogen-bond donors (Lipinski definition) is 0. The largest absolute Gasteiger partial charge is 0.474 e. The van der Waals surface area contributed by atoms with E-state index in [1.54, 1.807) is 0 Å². The average molecular weight is 828 g/mol. The molecule has 0 aliphatic heterocycles. The van der Waals surface area contributed by atoms with Gasteiger partial charge in [0.1, 0.15) is 36.6 Å². The van der Waals surface area contributed by atoms with Gasteiger partial charge in [0.25, 0.3) is 0 Å². The molecule has 1 saturated carbocycles. The standard InChI is InChI=1S/C18H42O24P6/c1-25-43(19,26-2)37-13-14(38-44(20,27-3)28-4)16(40-46(22,31-7)32-8)18(42-48(24,35-11)36-12)17(41-47(23,33-9)34-10)15(13)39-45(21,29-5)30-6/h13-18H,1-12H3. The Kier molecular flexibility index (Phi) is 19.1. The molecule has 0 heterocycles. The molecule has 48 heavy (non-hydrogen) atoms. The van der Waals surface area contributed by atoms with E-state index < -0.39 is 83.6 Å². The van der Waals surface area contributed by atoms with Gasteiger partial charge in [-0.3, -0.25) is 81.4 Å². The van der Waals surface area contributed by atoms with Crippen LogP contribution in [0.2, 0.25) is 0 Å². The third kappa shape index (κ3) is 11.8. The maximum atomic E-state index is 13.5. The van der Waals surface area contributed by atoms with Crippen molar-refractivity contribution in [1.29, 1.82) is 0 Å². The Morgan fingerprint density at radius 1 is 0.229 bits per heavy atom. The van der Waals surface area contributed by atoms with Crippen LogP contribution in [0, 0.1) is 0 Å². The van der Waals surface area contributed by atoms with Gasteiger partial charge in [0.15, 0.2) is 0 Å². The van der Waals surface area contributed by atoms with E-state index in [4.69, 9.17) is 81.4 Å². The zero-order valence-electron chi connectivity index (χ0n) is 27.9. The first-order chi connectivity index (χ1) is 22.3. The van der Waals surface area contributed by atoms with Gasteiger partial charge in [-0.1, -0.05) is 0 Å². The van der Waals surface area contributed by atoms with Crippen LogP contribution in [0.25, 0.3) is 0 Å². The van der Waals surface area contributed by atoms with E-state index in [9.17, 15) is 27.4 Å². The van der Waals surface area contributed by atoms with E-state index in [-0.39, 0.29) is 0 Å². The summed E-state index contributed by atoms with van der Waals surface area (Å²) in [6.07, 6.45) is -13.5. The highest BCUT2D eigenvalue weighted by molar-refractivity contribution is 7.50. The minimum Gasteiger partial charge on any atom is -0.290 e. The van der Waals surface area contributed by atoms with Gasteiger partial charge in [-0.25, -0.2) is 27.4 Å². The monoisotopic (exact) mass is 828 g/mol. The van der Waals surface area contributed by atoms with Crippen LogP contribution in [-0.2, 0) is 109 Å². The summed E-state index contributed by atoms with van der Waals surface area (Å²) in [5.41, 5.74) is 0. The van der Waals surface area contributed by atoms with Crippen LogP contribution in [0.1, 0.15) is 0 Å². The molecule has 0 aromatic rings. The Morgan fingerprint density at radius 2 is 0.312 bits per heavy atom. The quantitative estimate of drug-likeness (QED) is 0.119. The minimum atomic E-state index is -4.77. The van der Waals surface area contributed by atoms with Crippen LogP contribution in [0.4, 0.5) is 0 Å². The Bertz CT molecular complexity index is 988. The second kappa shape index (κ2) is 19.7. The van der Waals surface area contributed by atoms with Gasteiger partial charge in [-0.2, -0.15) is 0 Å². The third-order valence-electron chi connectivity index (χ3n) is 6.13. The fourth-order valence-electron chi connectivity index (χ4n) is 3.70.